The van der Waals surface area contributed by atoms with E-state index < -0.39 is 6.00 Å². The number of ether oxygens (including phenoxy) is 1. The second kappa shape index (κ2) is 14.9. The zero-order chi connectivity index (χ0) is 16.7. The van der Waals surface area contributed by atoms with Gasteiger partial charge in [0.05, 0.1) is 6.61 Å². The number of unbranched alkanes of at least 4 members (excludes halogenated alkanes) is 9. The van der Waals surface area contributed by atoms with E-state index in [1.165, 1.54) is 51.0 Å². The Labute approximate surface area is 150 Å². The summed E-state index contributed by atoms with van der Waals surface area (Å²) in [5.41, 5.74) is 0. The largest absolute Gasteiger partial charge is 0.463 e. The predicted molar refractivity (Wildman–Crippen MR) is 100 cm³/mol. The molecule has 130 valence electrons. The van der Waals surface area contributed by atoms with Crippen LogP contribution >= 0.6 is 33.2 Å². The van der Waals surface area contributed by atoms with Crippen molar-refractivity contribution in [3.05, 3.63) is 12.2 Å². The van der Waals surface area contributed by atoms with Crippen molar-refractivity contribution in [2.75, 3.05) is 6.61 Å². The Bertz CT molecular complexity index is 304. The van der Waals surface area contributed by atoms with Crippen LogP contribution in [0.5, 0.6) is 0 Å². The van der Waals surface area contributed by atoms with Gasteiger partial charge in [-0.25, -0.2) is 4.79 Å². The second-order valence-corrected chi connectivity index (χ2v) is 14.8. The highest BCUT2D eigenvalue weighted by atomic mass is 35.8. The highest BCUT2D eigenvalue weighted by Gasteiger charge is 2.23. The average Bonchev–Trinajstić information content (AvgIpc) is 2.43. The third kappa shape index (κ3) is 18.3. The van der Waals surface area contributed by atoms with E-state index in [9.17, 15) is 4.79 Å². The highest BCUT2D eigenvalue weighted by Crippen LogP contribution is 2.27. The fourth-order valence-electron chi connectivity index (χ4n) is 2.20. The van der Waals surface area contributed by atoms with Crippen LogP contribution in [0.1, 0.15) is 71.1 Å². The number of carbonyl (C=O) groups excluding carboxylic acids is 1. The quantitative estimate of drug-likeness (QED) is 0.109. The topological polar surface area (TPSA) is 26.3 Å². The lowest BCUT2D eigenvalue weighted by atomic mass is 10.1. The molecule has 0 saturated heterocycles. The summed E-state index contributed by atoms with van der Waals surface area (Å²) >= 11 is 17.5. The molecule has 0 heterocycles. The molecule has 6 heteroatoms. The molecule has 0 aliphatic heterocycles. The van der Waals surface area contributed by atoms with Crippen LogP contribution in [-0.4, -0.2) is 18.6 Å². The molecule has 0 unspecified atom stereocenters. The van der Waals surface area contributed by atoms with Crippen LogP contribution in [0, 0.1) is 0 Å². The van der Waals surface area contributed by atoms with Gasteiger partial charge in [-0.3, -0.25) is 0 Å². The molecule has 0 rings (SSSR count). The Morgan fingerprint density at radius 2 is 1.32 bits per heavy atom. The van der Waals surface area contributed by atoms with Crippen LogP contribution in [0.15, 0.2) is 12.2 Å². The van der Waals surface area contributed by atoms with Crippen molar-refractivity contribution in [1.29, 1.82) is 0 Å². The Morgan fingerprint density at radius 3 is 1.77 bits per heavy atom. The summed E-state index contributed by atoms with van der Waals surface area (Å²) in [5, 5.41) is 0. The molecular formula is C16H29Cl3O2Si. The minimum Gasteiger partial charge on any atom is -0.463 e. The predicted octanol–water partition coefficient (Wildman–Crippen LogP) is 6.66. The van der Waals surface area contributed by atoms with Crippen LogP contribution in [0.3, 0.4) is 0 Å². The van der Waals surface area contributed by atoms with E-state index in [0.717, 1.165) is 25.3 Å². The maximum Gasteiger partial charge on any atom is 0.341 e. The Morgan fingerprint density at radius 1 is 0.864 bits per heavy atom. The van der Waals surface area contributed by atoms with E-state index in [-0.39, 0.29) is 5.97 Å². The Hall–Kier alpha value is 0.297. The first kappa shape index (κ1) is 22.3. The second-order valence-electron chi connectivity index (χ2n) is 5.57. The lowest BCUT2D eigenvalue weighted by molar-refractivity contribution is -0.137. The third-order valence-electron chi connectivity index (χ3n) is 3.40. The first-order valence-electron chi connectivity index (χ1n) is 8.32. The van der Waals surface area contributed by atoms with Gasteiger partial charge in [-0.1, -0.05) is 63.9 Å². The van der Waals surface area contributed by atoms with E-state index in [1.54, 1.807) is 6.08 Å². The van der Waals surface area contributed by atoms with Crippen molar-refractivity contribution < 1.29 is 9.53 Å². The number of hydrogen-bond donors (Lipinski definition) is 0. The number of allylic oxidation sites excluding steroid dienone is 1. The van der Waals surface area contributed by atoms with Gasteiger partial charge in [0, 0.05) is 6.08 Å². The zero-order valence-corrected chi connectivity index (χ0v) is 16.9. The van der Waals surface area contributed by atoms with Crippen LogP contribution in [0.25, 0.3) is 0 Å². The van der Waals surface area contributed by atoms with Crippen molar-refractivity contribution in [2.45, 2.75) is 77.2 Å². The number of hydrogen-bond acceptors (Lipinski definition) is 2. The monoisotopic (exact) mass is 386 g/mol. The molecule has 0 aromatic rings. The van der Waals surface area contributed by atoms with Gasteiger partial charge in [0.25, 0.3) is 0 Å². The molecule has 0 atom stereocenters. The first-order valence-corrected chi connectivity index (χ1v) is 13.6. The van der Waals surface area contributed by atoms with Crippen LogP contribution < -0.4 is 0 Å². The zero-order valence-electron chi connectivity index (χ0n) is 13.6. The summed E-state index contributed by atoms with van der Waals surface area (Å²) in [5.74, 6) is -0.236. The molecule has 0 aliphatic carbocycles. The van der Waals surface area contributed by atoms with Crippen LogP contribution in [0.2, 0.25) is 6.04 Å². The van der Waals surface area contributed by atoms with Gasteiger partial charge >= 0.3 is 12.0 Å². The smallest absolute Gasteiger partial charge is 0.341 e. The summed E-state index contributed by atoms with van der Waals surface area (Å²) in [6, 6.07) is -1.60. The summed E-state index contributed by atoms with van der Waals surface area (Å²) < 4.78 is 5.04. The van der Waals surface area contributed by atoms with E-state index in [1.807, 2.05) is 6.92 Å². The molecular weight excluding hydrogens is 359 g/mol. The summed E-state index contributed by atoms with van der Waals surface area (Å²) in [6.45, 7) is 2.35. The van der Waals surface area contributed by atoms with Crippen molar-refractivity contribution in [1.82, 2.24) is 0 Å². The molecule has 0 aromatic carbocycles. The van der Waals surface area contributed by atoms with E-state index in [4.69, 9.17) is 38.0 Å². The van der Waals surface area contributed by atoms with Crippen LogP contribution in [0.4, 0.5) is 0 Å². The molecule has 22 heavy (non-hydrogen) atoms. The minimum atomic E-state index is -2.38. The normalized spacial score (nSPS) is 12.0. The lowest BCUT2D eigenvalue weighted by Crippen LogP contribution is -2.07. The Balaban J connectivity index is 3.13. The molecule has 0 aliphatic rings. The Kier molecular flexibility index (Phi) is 15.1. The lowest BCUT2D eigenvalue weighted by Gasteiger charge is -2.07. The molecule has 0 fully saturated rings. The maximum atomic E-state index is 11.1. The van der Waals surface area contributed by atoms with E-state index in [2.05, 4.69) is 0 Å². The number of esters is 1. The molecule has 0 saturated carbocycles. The van der Waals surface area contributed by atoms with Crippen molar-refractivity contribution in [3.63, 3.8) is 0 Å². The molecule has 0 radical (unpaired) electrons. The molecule has 0 aromatic heterocycles. The van der Waals surface area contributed by atoms with Crippen molar-refractivity contribution >= 4 is 45.2 Å². The van der Waals surface area contributed by atoms with Crippen LogP contribution in [-0.2, 0) is 9.53 Å². The minimum absolute atomic E-state index is 0.236. The van der Waals surface area contributed by atoms with Crippen molar-refractivity contribution in [2.24, 2.45) is 0 Å². The number of halogens is 3. The van der Waals surface area contributed by atoms with Gasteiger partial charge < -0.3 is 4.74 Å². The van der Waals surface area contributed by atoms with Gasteiger partial charge in [-0.15, -0.1) is 33.2 Å². The SMILES string of the molecule is CC=CC(=O)OCCCCCCCCCCCC[Si](Cl)(Cl)Cl. The van der Waals surface area contributed by atoms with E-state index in [0.29, 0.717) is 6.61 Å². The molecule has 0 amide bonds. The van der Waals surface area contributed by atoms with Gasteiger partial charge in [0.15, 0.2) is 0 Å². The molecule has 0 N–H and O–H groups in total. The molecule has 0 bridgehead atoms. The molecule has 2 nitrogen and oxygen atoms in total. The number of carbonyl (C=O) groups is 1. The van der Waals surface area contributed by atoms with Gasteiger partial charge in [0.1, 0.15) is 0 Å². The standard InChI is InChI=1S/C16H29Cl3O2Si/c1-2-13-16(20)21-14-11-9-7-5-3-4-6-8-10-12-15-22(17,18)19/h2,13H,3-12,14-15H2,1H3. The van der Waals surface area contributed by atoms with E-state index >= 15 is 0 Å². The maximum absolute atomic E-state index is 11.1. The van der Waals surface area contributed by atoms with Gasteiger partial charge in [0.2, 0.25) is 0 Å². The fourth-order valence-corrected chi connectivity index (χ4v) is 4.05. The molecule has 0 spiro atoms. The number of rotatable bonds is 14. The summed E-state index contributed by atoms with van der Waals surface area (Å²) in [6.07, 6.45) is 15.1. The first-order chi connectivity index (χ1) is 10.5. The fraction of sp³-hybridized carbons (Fsp3) is 0.812. The highest BCUT2D eigenvalue weighted by molar-refractivity contribution is 7.64. The average molecular weight is 388 g/mol. The van der Waals surface area contributed by atoms with Gasteiger partial charge in [-0.05, 0) is 19.4 Å². The van der Waals surface area contributed by atoms with Gasteiger partial charge in [-0.2, -0.15) is 0 Å². The van der Waals surface area contributed by atoms with Crippen molar-refractivity contribution in [3.8, 4) is 0 Å². The summed E-state index contributed by atoms with van der Waals surface area (Å²) in [7, 11) is 0. The third-order valence-corrected chi connectivity index (χ3v) is 6.02. The summed E-state index contributed by atoms with van der Waals surface area (Å²) in [4.78, 5) is 11.1.